The average molecular weight is 419 g/mol. The lowest BCUT2D eigenvalue weighted by atomic mass is 9.99. The molecule has 0 saturated carbocycles. The van der Waals surface area contributed by atoms with Gasteiger partial charge in [0.15, 0.2) is 0 Å². The van der Waals surface area contributed by atoms with E-state index in [1.54, 1.807) is 29.2 Å². The highest BCUT2D eigenvalue weighted by Gasteiger charge is 2.35. The molecule has 6 nitrogen and oxygen atoms in total. The van der Waals surface area contributed by atoms with Crippen molar-refractivity contribution in [3.63, 3.8) is 0 Å². The Morgan fingerprint density at radius 3 is 2.76 bits per heavy atom. The van der Waals surface area contributed by atoms with Crippen LogP contribution in [0.15, 0.2) is 49.1 Å². The standard InChI is InChI=1S/C19H14ClF3N6/c20-12-2-1-6-29-15(12)8-14(27-29)18-17-13(25-10-26-17)5-7-28(18)16-4-3-11(9-24-16)19(21,22)23/h1-4,6,8-10,18H,5,7H2,(H,25,26). The Hall–Kier alpha value is -3.07. The van der Waals surface area contributed by atoms with Gasteiger partial charge < -0.3 is 9.88 Å². The van der Waals surface area contributed by atoms with Crippen LogP contribution in [0, 0.1) is 0 Å². The number of nitrogens with one attached hydrogen (secondary N) is 1. The molecular formula is C19H14ClF3N6. The normalized spacial score (nSPS) is 17.0. The molecule has 10 heteroatoms. The minimum Gasteiger partial charge on any atom is -0.348 e. The number of hydrogen-bond donors (Lipinski definition) is 1. The first-order valence-corrected chi connectivity index (χ1v) is 9.25. The summed E-state index contributed by atoms with van der Waals surface area (Å²) in [5, 5.41) is 5.20. The first kappa shape index (κ1) is 18.0. The summed E-state index contributed by atoms with van der Waals surface area (Å²) >= 11 is 6.29. The molecule has 0 radical (unpaired) electrons. The molecule has 0 aromatic carbocycles. The van der Waals surface area contributed by atoms with Gasteiger partial charge in [-0.2, -0.15) is 18.3 Å². The van der Waals surface area contributed by atoms with Crippen LogP contribution in [0.2, 0.25) is 5.02 Å². The third-order valence-electron chi connectivity index (χ3n) is 5.04. The summed E-state index contributed by atoms with van der Waals surface area (Å²) in [5.74, 6) is 0.430. The van der Waals surface area contributed by atoms with E-state index in [9.17, 15) is 13.2 Å². The van der Waals surface area contributed by atoms with Crippen molar-refractivity contribution in [2.75, 3.05) is 11.4 Å². The second-order valence-corrected chi connectivity index (χ2v) is 7.18. The van der Waals surface area contributed by atoms with Crippen LogP contribution in [0.25, 0.3) is 5.52 Å². The molecule has 0 aliphatic carbocycles. The number of hydrogen-bond acceptors (Lipinski definition) is 4. The summed E-state index contributed by atoms with van der Waals surface area (Å²) in [6, 6.07) is 7.47. The molecule has 0 bridgehead atoms. The van der Waals surface area contributed by atoms with Crippen LogP contribution in [0.1, 0.15) is 28.7 Å². The number of rotatable bonds is 2. The molecule has 5 rings (SSSR count). The quantitative estimate of drug-likeness (QED) is 0.528. The highest BCUT2D eigenvalue weighted by Crippen LogP contribution is 2.37. The summed E-state index contributed by atoms with van der Waals surface area (Å²) in [6.45, 7) is 0.555. The Morgan fingerprint density at radius 1 is 1.17 bits per heavy atom. The molecule has 1 aliphatic heterocycles. The summed E-state index contributed by atoms with van der Waals surface area (Å²) in [6.07, 6.45) is 0.500. The van der Waals surface area contributed by atoms with E-state index in [-0.39, 0.29) is 0 Å². The largest absolute Gasteiger partial charge is 0.417 e. The lowest BCUT2D eigenvalue weighted by Gasteiger charge is -2.34. The van der Waals surface area contributed by atoms with Crippen molar-refractivity contribution in [2.24, 2.45) is 0 Å². The highest BCUT2D eigenvalue weighted by atomic mass is 35.5. The van der Waals surface area contributed by atoms with E-state index in [1.807, 2.05) is 11.0 Å². The second kappa shape index (κ2) is 6.48. The molecule has 0 amide bonds. The Balaban J connectivity index is 1.61. The SMILES string of the molecule is FC(F)(F)c1ccc(N2CCc3[nH]cnc3C2c2cc3c(Cl)cccn3n2)nc1. The number of aromatic nitrogens is 5. The van der Waals surface area contributed by atoms with E-state index in [0.29, 0.717) is 29.5 Å². The molecule has 1 unspecified atom stereocenters. The Bertz CT molecular complexity index is 1180. The van der Waals surface area contributed by atoms with Gasteiger partial charge in [-0.3, -0.25) is 0 Å². The first-order valence-electron chi connectivity index (χ1n) is 8.87. The average Bonchev–Trinajstić information content (AvgIpc) is 3.34. The Labute approximate surface area is 168 Å². The van der Waals surface area contributed by atoms with Gasteiger partial charge in [0.2, 0.25) is 0 Å². The Kier molecular flexibility index (Phi) is 4.02. The fourth-order valence-electron chi connectivity index (χ4n) is 3.68. The molecule has 148 valence electrons. The molecule has 1 aliphatic rings. The minimum atomic E-state index is -4.43. The van der Waals surface area contributed by atoms with Crippen molar-refractivity contribution in [1.82, 2.24) is 24.6 Å². The van der Waals surface area contributed by atoms with Crippen molar-refractivity contribution >= 4 is 22.9 Å². The molecular weight excluding hydrogens is 405 g/mol. The van der Waals surface area contributed by atoms with Crippen molar-refractivity contribution in [2.45, 2.75) is 18.6 Å². The highest BCUT2D eigenvalue weighted by molar-refractivity contribution is 6.33. The fraction of sp³-hybridized carbons (Fsp3) is 0.211. The number of imidazole rings is 1. The van der Waals surface area contributed by atoms with Gasteiger partial charge in [-0.25, -0.2) is 14.5 Å². The van der Waals surface area contributed by atoms with Crippen molar-refractivity contribution in [1.29, 1.82) is 0 Å². The molecule has 0 fully saturated rings. The maximum absolute atomic E-state index is 12.9. The molecule has 0 spiro atoms. The molecule has 4 aromatic rings. The number of anilines is 1. The molecule has 4 aromatic heterocycles. The fourth-order valence-corrected chi connectivity index (χ4v) is 3.89. The third kappa shape index (κ3) is 3.02. The van der Waals surface area contributed by atoms with Crippen LogP contribution in [0.3, 0.4) is 0 Å². The van der Waals surface area contributed by atoms with Crippen molar-refractivity contribution in [3.05, 3.63) is 76.7 Å². The van der Waals surface area contributed by atoms with Gasteiger partial charge in [-0.1, -0.05) is 11.6 Å². The maximum atomic E-state index is 12.9. The summed E-state index contributed by atoms with van der Waals surface area (Å²) in [4.78, 5) is 13.6. The number of nitrogens with zero attached hydrogens (tertiary/aromatic N) is 5. The topological polar surface area (TPSA) is 62.1 Å². The first-order chi connectivity index (χ1) is 13.9. The second-order valence-electron chi connectivity index (χ2n) is 6.77. The van der Waals surface area contributed by atoms with Gasteiger partial charge in [0.25, 0.3) is 0 Å². The Morgan fingerprint density at radius 2 is 2.03 bits per heavy atom. The number of H-pyrrole nitrogens is 1. The molecule has 29 heavy (non-hydrogen) atoms. The lowest BCUT2D eigenvalue weighted by molar-refractivity contribution is -0.137. The minimum absolute atomic E-state index is 0.398. The van der Waals surface area contributed by atoms with Crippen LogP contribution in [-0.4, -0.2) is 31.1 Å². The monoisotopic (exact) mass is 418 g/mol. The van der Waals surface area contributed by atoms with Crippen LogP contribution >= 0.6 is 11.6 Å². The van der Waals surface area contributed by atoms with Crippen LogP contribution in [-0.2, 0) is 12.6 Å². The summed E-state index contributed by atoms with van der Waals surface area (Å²) in [5.41, 5.74) is 2.40. The van der Waals surface area contributed by atoms with E-state index < -0.39 is 17.8 Å². The zero-order valence-corrected chi connectivity index (χ0v) is 15.6. The smallest absolute Gasteiger partial charge is 0.348 e. The number of pyridine rings is 2. The summed E-state index contributed by atoms with van der Waals surface area (Å²) in [7, 11) is 0. The third-order valence-corrected chi connectivity index (χ3v) is 5.36. The predicted octanol–water partition coefficient (Wildman–Crippen LogP) is 4.28. The number of aromatic amines is 1. The summed E-state index contributed by atoms with van der Waals surface area (Å²) < 4.78 is 40.4. The number of alkyl halides is 3. The molecule has 1 atom stereocenters. The van der Waals surface area contributed by atoms with Crippen LogP contribution in [0.4, 0.5) is 19.0 Å². The van der Waals surface area contributed by atoms with Gasteiger partial charge in [-0.15, -0.1) is 0 Å². The van der Waals surface area contributed by atoms with Gasteiger partial charge >= 0.3 is 6.18 Å². The van der Waals surface area contributed by atoms with Gasteiger partial charge in [0, 0.05) is 31.1 Å². The molecule has 5 heterocycles. The van der Waals surface area contributed by atoms with Gasteiger partial charge in [0.1, 0.15) is 11.9 Å². The zero-order valence-electron chi connectivity index (χ0n) is 14.9. The van der Waals surface area contributed by atoms with Crippen LogP contribution < -0.4 is 4.90 Å². The predicted molar refractivity (Wildman–Crippen MR) is 101 cm³/mol. The molecule has 0 saturated heterocycles. The van der Waals surface area contributed by atoms with Gasteiger partial charge in [-0.05, 0) is 30.3 Å². The van der Waals surface area contributed by atoms with Crippen molar-refractivity contribution < 1.29 is 13.2 Å². The number of halogens is 4. The van der Waals surface area contributed by atoms with E-state index in [2.05, 4.69) is 20.1 Å². The van der Waals surface area contributed by atoms with E-state index in [1.165, 1.54) is 6.07 Å². The van der Waals surface area contributed by atoms with E-state index >= 15 is 0 Å². The lowest BCUT2D eigenvalue weighted by Crippen LogP contribution is -2.37. The van der Waals surface area contributed by atoms with Crippen molar-refractivity contribution in [3.8, 4) is 0 Å². The van der Waals surface area contributed by atoms with E-state index in [4.69, 9.17) is 11.6 Å². The zero-order chi connectivity index (χ0) is 20.2. The van der Waals surface area contributed by atoms with Crippen LogP contribution in [0.5, 0.6) is 0 Å². The van der Waals surface area contributed by atoms with E-state index in [0.717, 1.165) is 29.2 Å². The van der Waals surface area contributed by atoms with Gasteiger partial charge in [0.05, 0.1) is 33.8 Å². The molecule has 1 N–H and O–H groups in total. The maximum Gasteiger partial charge on any atom is 0.417 e. The number of fused-ring (bicyclic) bond motifs is 2.